The third-order valence-electron chi connectivity index (χ3n) is 5.46. The van der Waals surface area contributed by atoms with Crippen molar-refractivity contribution in [2.24, 2.45) is 0 Å². The van der Waals surface area contributed by atoms with Crippen LogP contribution in [0.2, 0.25) is 0 Å². The zero-order valence-corrected chi connectivity index (χ0v) is 15.7. The Morgan fingerprint density at radius 3 is 2.22 bits per heavy atom. The number of anilines is 1. The van der Waals surface area contributed by atoms with E-state index >= 15 is 0 Å². The van der Waals surface area contributed by atoms with E-state index in [2.05, 4.69) is 12.2 Å². The molecule has 1 aliphatic carbocycles. The van der Waals surface area contributed by atoms with Crippen LogP contribution in [0.5, 0.6) is 5.75 Å². The van der Waals surface area contributed by atoms with E-state index in [0.29, 0.717) is 11.3 Å². The fourth-order valence-electron chi connectivity index (χ4n) is 3.82. The molecule has 0 aliphatic heterocycles. The summed E-state index contributed by atoms with van der Waals surface area (Å²) in [5.41, 5.74) is 2.41. The first-order valence-electron chi connectivity index (χ1n) is 9.26. The predicted molar refractivity (Wildman–Crippen MR) is 105 cm³/mol. The molecule has 5 nitrogen and oxygen atoms in total. The van der Waals surface area contributed by atoms with Gasteiger partial charge in [-0.15, -0.1) is 0 Å². The van der Waals surface area contributed by atoms with E-state index in [4.69, 9.17) is 9.84 Å². The van der Waals surface area contributed by atoms with Gasteiger partial charge < -0.3 is 15.2 Å². The van der Waals surface area contributed by atoms with Crippen LogP contribution in [0.1, 0.15) is 65.3 Å². The van der Waals surface area contributed by atoms with Gasteiger partial charge in [-0.05, 0) is 60.7 Å². The summed E-state index contributed by atoms with van der Waals surface area (Å²) in [4.78, 5) is 23.6. The molecular weight excluding hydrogens is 342 g/mol. The molecule has 0 atom stereocenters. The molecule has 5 heteroatoms. The van der Waals surface area contributed by atoms with Gasteiger partial charge in [0.25, 0.3) is 5.91 Å². The van der Waals surface area contributed by atoms with Gasteiger partial charge in [0.2, 0.25) is 0 Å². The highest BCUT2D eigenvalue weighted by Gasteiger charge is 2.32. The summed E-state index contributed by atoms with van der Waals surface area (Å²) in [5.74, 6) is -0.392. The maximum Gasteiger partial charge on any atom is 0.335 e. The number of hydrogen-bond acceptors (Lipinski definition) is 3. The molecule has 0 radical (unpaired) electrons. The minimum atomic E-state index is -0.992. The summed E-state index contributed by atoms with van der Waals surface area (Å²) in [7, 11) is 1.66. The van der Waals surface area contributed by atoms with Crippen LogP contribution >= 0.6 is 0 Å². The lowest BCUT2D eigenvalue weighted by atomic mass is 9.70. The van der Waals surface area contributed by atoms with Gasteiger partial charge in [0.15, 0.2) is 0 Å². The van der Waals surface area contributed by atoms with Gasteiger partial charge in [-0.2, -0.15) is 0 Å². The molecule has 1 amide bonds. The number of aromatic carboxylic acids is 1. The lowest BCUT2D eigenvalue weighted by Crippen LogP contribution is -2.26. The van der Waals surface area contributed by atoms with Crippen LogP contribution in [0.25, 0.3) is 0 Å². The average Bonchev–Trinajstić information content (AvgIpc) is 2.68. The maximum atomic E-state index is 12.7. The van der Waals surface area contributed by atoms with Gasteiger partial charge in [0, 0.05) is 16.8 Å². The minimum Gasteiger partial charge on any atom is -0.496 e. The molecule has 1 saturated carbocycles. The molecule has 27 heavy (non-hydrogen) atoms. The van der Waals surface area contributed by atoms with Crippen LogP contribution in [0.3, 0.4) is 0 Å². The van der Waals surface area contributed by atoms with E-state index in [0.717, 1.165) is 24.2 Å². The standard InChI is InChI=1S/C22H25NO4/c1-22(12-4-3-5-13-22)18-14-16(8-11-19(18)27-2)20(24)23-17-9-6-15(7-10-17)21(25)26/h6-11,14H,3-5,12-13H2,1-2H3,(H,23,24)(H,25,26). The van der Waals surface area contributed by atoms with Crippen molar-refractivity contribution in [3.63, 3.8) is 0 Å². The van der Waals surface area contributed by atoms with Gasteiger partial charge in [-0.1, -0.05) is 26.2 Å². The van der Waals surface area contributed by atoms with E-state index in [9.17, 15) is 9.59 Å². The molecule has 0 aromatic heterocycles. The Bertz CT molecular complexity index is 836. The Morgan fingerprint density at radius 2 is 1.63 bits per heavy atom. The number of rotatable bonds is 5. The van der Waals surface area contributed by atoms with Crippen molar-refractivity contribution in [2.75, 3.05) is 12.4 Å². The van der Waals surface area contributed by atoms with Gasteiger partial charge in [0.1, 0.15) is 5.75 Å². The smallest absolute Gasteiger partial charge is 0.335 e. The monoisotopic (exact) mass is 367 g/mol. The highest BCUT2D eigenvalue weighted by molar-refractivity contribution is 6.04. The Balaban J connectivity index is 1.84. The normalized spacial score (nSPS) is 15.8. The predicted octanol–water partition coefficient (Wildman–Crippen LogP) is 4.87. The summed E-state index contributed by atoms with van der Waals surface area (Å²) in [5, 5.41) is 11.8. The second kappa shape index (κ2) is 7.82. The number of hydrogen-bond donors (Lipinski definition) is 2. The first-order valence-corrected chi connectivity index (χ1v) is 9.26. The van der Waals surface area contributed by atoms with E-state index < -0.39 is 5.97 Å². The summed E-state index contributed by atoms with van der Waals surface area (Å²) >= 11 is 0. The third kappa shape index (κ3) is 4.13. The molecule has 2 aromatic rings. The molecule has 0 heterocycles. The number of amides is 1. The number of carbonyl (C=O) groups excluding carboxylic acids is 1. The van der Waals surface area contributed by atoms with Crippen LogP contribution in [-0.2, 0) is 5.41 Å². The highest BCUT2D eigenvalue weighted by Crippen LogP contribution is 2.43. The molecule has 0 spiro atoms. The van der Waals surface area contributed by atoms with E-state index in [-0.39, 0.29) is 16.9 Å². The Kier molecular flexibility index (Phi) is 5.49. The minimum absolute atomic E-state index is 0.0169. The first kappa shape index (κ1) is 19.0. The number of carboxylic acid groups (broad SMARTS) is 1. The van der Waals surface area contributed by atoms with E-state index in [1.54, 1.807) is 25.3 Å². The first-order chi connectivity index (χ1) is 12.9. The summed E-state index contributed by atoms with van der Waals surface area (Å²) < 4.78 is 5.57. The molecule has 3 rings (SSSR count). The van der Waals surface area contributed by atoms with Crippen molar-refractivity contribution in [3.05, 3.63) is 59.2 Å². The molecule has 1 aliphatic rings. The number of nitrogens with one attached hydrogen (secondary N) is 1. The zero-order valence-electron chi connectivity index (χ0n) is 15.7. The van der Waals surface area contributed by atoms with Crippen LogP contribution in [0.4, 0.5) is 5.69 Å². The topological polar surface area (TPSA) is 75.6 Å². The molecule has 0 saturated heterocycles. The molecular formula is C22H25NO4. The highest BCUT2D eigenvalue weighted by atomic mass is 16.5. The summed E-state index contributed by atoms with van der Waals surface area (Å²) in [6.45, 7) is 2.25. The Labute approximate surface area is 159 Å². The van der Waals surface area contributed by atoms with Crippen LogP contribution in [0, 0.1) is 0 Å². The maximum absolute atomic E-state index is 12.7. The van der Waals surface area contributed by atoms with E-state index in [1.165, 1.54) is 31.4 Å². The molecule has 0 bridgehead atoms. The van der Waals surface area contributed by atoms with Crippen molar-refractivity contribution in [3.8, 4) is 5.75 Å². The Hall–Kier alpha value is -2.82. The van der Waals surface area contributed by atoms with Crippen molar-refractivity contribution < 1.29 is 19.4 Å². The van der Waals surface area contributed by atoms with Crippen molar-refractivity contribution >= 4 is 17.6 Å². The van der Waals surface area contributed by atoms with Crippen molar-refractivity contribution in [1.29, 1.82) is 0 Å². The number of ether oxygens (including phenoxy) is 1. The van der Waals surface area contributed by atoms with Crippen LogP contribution < -0.4 is 10.1 Å². The number of carbonyl (C=O) groups is 2. The Morgan fingerprint density at radius 1 is 1.00 bits per heavy atom. The van der Waals surface area contributed by atoms with Crippen molar-refractivity contribution in [1.82, 2.24) is 0 Å². The number of methoxy groups -OCH3 is 1. The number of carboxylic acids is 1. The molecule has 2 aromatic carbocycles. The van der Waals surface area contributed by atoms with Gasteiger partial charge >= 0.3 is 5.97 Å². The SMILES string of the molecule is COc1ccc(C(=O)Nc2ccc(C(=O)O)cc2)cc1C1(C)CCCCC1. The average molecular weight is 367 g/mol. The fraction of sp³-hybridized carbons (Fsp3) is 0.364. The molecule has 142 valence electrons. The number of benzene rings is 2. The second-order valence-electron chi connectivity index (χ2n) is 7.37. The summed E-state index contributed by atoms with van der Waals surface area (Å²) in [6, 6.07) is 11.7. The lowest BCUT2D eigenvalue weighted by molar-refractivity contribution is 0.0696. The van der Waals surface area contributed by atoms with Crippen LogP contribution in [-0.4, -0.2) is 24.1 Å². The van der Waals surface area contributed by atoms with E-state index in [1.807, 2.05) is 12.1 Å². The molecule has 2 N–H and O–H groups in total. The second-order valence-corrected chi connectivity index (χ2v) is 7.37. The van der Waals surface area contributed by atoms with Crippen molar-refractivity contribution in [2.45, 2.75) is 44.4 Å². The fourth-order valence-corrected chi connectivity index (χ4v) is 3.82. The third-order valence-corrected chi connectivity index (χ3v) is 5.46. The van der Waals surface area contributed by atoms with Crippen LogP contribution in [0.15, 0.2) is 42.5 Å². The quantitative estimate of drug-likeness (QED) is 0.791. The summed E-state index contributed by atoms with van der Waals surface area (Å²) in [6.07, 6.45) is 5.80. The largest absolute Gasteiger partial charge is 0.496 e. The van der Waals surface area contributed by atoms with Gasteiger partial charge in [0.05, 0.1) is 12.7 Å². The van der Waals surface area contributed by atoms with Gasteiger partial charge in [-0.25, -0.2) is 4.79 Å². The zero-order chi connectivity index (χ0) is 19.4. The lowest BCUT2D eigenvalue weighted by Gasteiger charge is -2.35. The molecule has 1 fully saturated rings. The molecule has 0 unspecified atom stereocenters. The van der Waals surface area contributed by atoms with Gasteiger partial charge in [-0.3, -0.25) is 4.79 Å².